The van der Waals surface area contributed by atoms with E-state index in [-0.39, 0.29) is 0 Å². The zero-order chi connectivity index (χ0) is 9.26. The van der Waals surface area contributed by atoms with Gasteiger partial charge in [0.25, 0.3) is 5.56 Å². The van der Waals surface area contributed by atoms with Crippen molar-refractivity contribution >= 4 is 11.0 Å². The van der Waals surface area contributed by atoms with E-state index in [1.165, 1.54) is 0 Å². The lowest BCUT2D eigenvalue weighted by molar-refractivity contribution is 0.848. The highest BCUT2D eigenvalue weighted by atomic mass is 16.3. The molecular weight excluding hydrogens is 170 g/mol. The monoisotopic (exact) mass is 175 g/mol. The molecule has 0 aliphatic rings. The maximum atomic E-state index is 11.1. The minimum Gasteiger partial charge on any atom is -0.266 e. The third-order valence-electron chi connectivity index (χ3n) is 1.71. The quantitative estimate of drug-likeness (QED) is 0.605. The number of para-hydroxylation sites is 2. The number of fused-ring (bicyclic) bond motifs is 1. The summed E-state index contributed by atoms with van der Waals surface area (Å²) in [7, 11) is 0. The summed E-state index contributed by atoms with van der Waals surface area (Å²) in [5.74, 6) is 0. The Hall–Kier alpha value is -2.04. The van der Waals surface area contributed by atoms with Gasteiger partial charge in [0.2, 0.25) is 0 Å². The summed E-state index contributed by atoms with van der Waals surface area (Å²) < 4.78 is 0.780. The molecule has 1 heterocycles. The van der Waals surface area contributed by atoms with Crippen LogP contribution in [-0.4, -0.2) is 9.66 Å². The Kier molecular flexibility index (Phi) is 1.63. The predicted octanol–water partition coefficient (Wildman–Crippen LogP) is 0.926. The number of benzene rings is 1. The molecule has 5 heteroatoms. The van der Waals surface area contributed by atoms with Crippen molar-refractivity contribution in [1.82, 2.24) is 9.66 Å². The average molecular weight is 175 g/mol. The van der Waals surface area contributed by atoms with Gasteiger partial charge < -0.3 is 0 Å². The summed E-state index contributed by atoms with van der Waals surface area (Å²) in [6.45, 7) is 0. The Bertz CT molecular complexity index is 518. The molecule has 13 heavy (non-hydrogen) atoms. The molecule has 0 fully saturated rings. The molecule has 0 bridgehead atoms. The van der Waals surface area contributed by atoms with Crippen LogP contribution in [0.25, 0.3) is 11.0 Å². The molecule has 0 spiro atoms. The summed E-state index contributed by atoms with van der Waals surface area (Å²) in [5, 5.41) is 2.61. The smallest absolute Gasteiger partial charge is 0.266 e. The van der Waals surface area contributed by atoms with E-state index in [1.54, 1.807) is 24.3 Å². The van der Waals surface area contributed by atoms with Gasteiger partial charge in [-0.15, -0.1) is 4.91 Å². The van der Waals surface area contributed by atoms with Gasteiger partial charge in [-0.3, -0.25) is 4.79 Å². The topological polar surface area (TPSA) is 64.3 Å². The lowest BCUT2D eigenvalue weighted by atomic mass is 10.3. The van der Waals surface area contributed by atoms with Crippen LogP contribution < -0.4 is 5.56 Å². The maximum Gasteiger partial charge on any atom is 0.292 e. The van der Waals surface area contributed by atoms with Gasteiger partial charge in [0.05, 0.1) is 22.5 Å². The summed E-state index contributed by atoms with van der Waals surface area (Å²) >= 11 is 0. The molecule has 0 N–H and O–H groups in total. The van der Waals surface area contributed by atoms with Gasteiger partial charge in [-0.25, -0.2) is 4.98 Å². The Morgan fingerprint density at radius 2 is 2.08 bits per heavy atom. The van der Waals surface area contributed by atoms with E-state index in [2.05, 4.69) is 10.3 Å². The second-order valence-corrected chi connectivity index (χ2v) is 2.48. The van der Waals surface area contributed by atoms with Gasteiger partial charge in [-0.2, -0.15) is 4.68 Å². The number of hydrogen-bond acceptors (Lipinski definition) is 4. The number of aromatic nitrogens is 2. The van der Waals surface area contributed by atoms with Crippen molar-refractivity contribution < 1.29 is 0 Å². The summed E-state index contributed by atoms with van der Waals surface area (Å²) in [4.78, 5) is 25.3. The minimum absolute atomic E-state index is 0.421. The van der Waals surface area contributed by atoms with Gasteiger partial charge in [0.1, 0.15) is 0 Å². The molecule has 0 saturated carbocycles. The molecule has 2 rings (SSSR count). The molecule has 0 saturated heterocycles. The molecule has 64 valence electrons. The lowest BCUT2D eigenvalue weighted by Gasteiger charge is -1.98. The first-order chi connectivity index (χ1) is 6.33. The zero-order valence-corrected chi connectivity index (χ0v) is 6.54. The molecule has 0 radical (unpaired) electrons. The second kappa shape index (κ2) is 2.78. The number of nitrogens with zero attached hydrogens (tertiary/aromatic N) is 3. The first-order valence-corrected chi connectivity index (χ1v) is 3.63. The van der Waals surface area contributed by atoms with E-state index in [9.17, 15) is 9.70 Å². The fourth-order valence-corrected chi connectivity index (χ4v) is 1.13. The third kappa shape index (κ3) is 1.10. The van der Waals surface area contributed by atoms with Gasteiger partial charge in [-0.05, 0) is 12.1 Å². The summed E-state index contributed by atoms with van der Waals surface area (Å²) in [5.41, 5.74) is 0.473. The summed E-state index contributed by atoms with van der Waals surface area (Å²) in [6.07, 6.45) is 1.07. The number of hydrogen-bond donors (Lipinski definition) is 0. The Morgan fingerprint density at radius 1 is 1.31 bits per heavy atom. The van der Waals surface area contributed by atoms with Crippen molar-refractivity contribution in [2.75, 3.05) is 0 Å². The van der Waals surface area contributed by atoms with Crippen molar-refractivity contribution in [3.63, 3.8) is 0 Å². The second-order valence-electron chi connectivity index (χ2n) is 2.48. The van der Waals surface area contributed by atoms with E-state index >= 15 is 0 Å². The van der Waals surface area contributed by atoms with Crippen LogP contribution in [0.2, 0.25) is 0 Å². The van der Waals surface area contributed by atoms with Crippen molar-refractivity contribution in [2.45, 2.75) is 0 Å². The third-order valence-corrected chi connectivity index (χ3v) is 1.71. The van der Waals surface area contributed by atoms with Crippen LogP contribution in [0.15, 0.2) is 40.5 Å². The Balaban J connectivity index is 3.00. The van der Waals surface area contributed by atoms with Gasteiger partial charge in [-0.1, -0.05) is 12.1 Å². The molecule has 0 unspecified atom stereocenters. The highest BCUT2D eigenvalue weighted by molar-refractivity contribution is 5.73. The highest BCUT2D eigenvalue weighted by Gasteiger charge is 2.01. The van der Waals surface area contributed by atoms with E-state index < -0.39 is 5.56 Å². The minimum atomic E-state index is -0.520. The SMILES string of the molecule is O=Nn1c(=O)cnc2ccccc21. The van der Waals surface area contributed by atoms with Crippen LogP contribution in [0.1, 0.15) is 0 Å². The van der Waals surface area contributed by atoms with Crippen LogP contribution in [0.5, 0.6) is 0 Å². The Morgan fingerprint density at radius 3 is 2.85 bits per heavy atom. The fraction of sp³-hybridized carbons (Fsp3) is 0. The van der Waals surface area contributed by atoms with Crippen LogP contribution >= 0.6 is 0 Å². The highest BCUT2D eigenvalue weighted by Crippen LogP contribution is 2.07. The van der Waals surface area contributed by atoms with Crippen LogP contribution in [0.4, 0.5) is 0 Å². The van der Waals surface area contributed by atoms with Crippen molar-refractivity contribution in [3.05, 3.63) is 45.7 Å². The molecule has 0 amide bonds. The lowest BCUT2D eigenvalue weighted by Crippen LogP contribution is -2.15. The fourth-order valence-electron chi connectivity index (χ4n) is 1.13. The van der Waals surface area contributed by atoms with Crippen LogP contribution in [0.3, 0.4) is 0 Å². The molecule has 0 aliphatic heterocycles. The van der Waals surface area contributed by atoms with Crippen molar-refractivity contribution in [2.24, 2.45) is 5.29 Å². The molecule has 0 aliphatic carbocycles. The van der Waals surface area contributed by atoms with E-state index in [4.69, 9.17) is 0 Å². The standard InChI is InChI=1S/C8H5N3O2/c12-8-5-9-6-3-1-2-4-7(6)11(8)10-13/h1-5H. The predicted molar refractivity (Wildman–Crippen MR) is 47.2 cm³/mol. The number of rotatable bonds is 1. The van der Waals surface area contributed by atoms with Gasteiger partial charge >= 0.3 is 0 Å². The molecule has 0 atom stereocenters. The first-order valence-electron chi connectivity index (χ1n) is 3.63. The first kappa shape index (κ1) is 7.60. The largest absolute Gasteiger partial charge is 0.292 e. The molecule has 1 aromatic heterocycles. The van der Waals surface area contributed by atoms with Crippen LogP contribution in [0, 0.1) is 4.91 Å². The molecule has 1 aromatic carbocycles. The van der Waals surface area contributed by atoms with Gasteiger partial charge in [0, 0.05) is 0 Å². The number of nitroso groups, excluding NO2 is 1. The Labute approximate surface area is 72.6 Å². The van der Waals surface area contributed by atoms with E-state index in [0.717, 1.165) is 10.9 Å². The van der Waals surface area contributed by atoms with Crippen LogP contribution in [-0.2, 0) is 0 Å². The molecule has 2 aromatic rings. The average Bonchev–Trinajstić information content (AvgIpc) is 2.18. The summed E-state index contributed by atoms with van der Waals surface area (Å²) in [6, 6.07) is 6.81. The molecular formula is C8H5N3O2. The molecule has 5 nitrogen and oxygen atoms in total. The normalized spacial score (nSPS) is 10.2. The van der Waals surface area contributed by atoms with E-state index in [1.807, 2.05) is 0 Å². The van der Waals surface area contributed by atoms with Crippen molar-refractivity contribution in [1.29, 1.82) is 0 Å². The van der Waals surface area contributed by atoms with Gasteiger partial charge in [0.15, 0.2) is 0 Å². The van der Waals surface area contributed by atoms with E-state index in [0.29, 0.717) is 11.0 Å². The zero-order valence-electron chi connectivity index (χ0n) is 6.54. The van der Waals surface area contributed by atoms with Crippen molar-refractivity contribution in [3.8, 4) is 0 Å². The maximum absolute atomic E-state index is 11.1.